The first-order chi connectivity index (χ1) is 12.4. The van der Waals surface area contributed by atoms with Crippen molar-refractivity contribution in [1.82, 2.24) is 5.32 Å². The monoisotopic (exact) mass is 356 g/mol. The summed E-state index contributed by atoms with van der Waals surface area (Å²) in [7, 11) is 0. The van der Waals surface area contributed by atoms with Crippen molar-refractivity contribution in [2.75, 3.05) is 11.4 Å². The number of aliphatic hydroxyl groups is 1. The molecule has 5 nitrogen and oxygen atoms in total. The lowest BCUT2D eigenvalue weighted by Gasteiger charge is -2.28. The number of carbonyl (C=O) groups is 2. The van der Waals surface area contributed by atoms with Gasteiger partial charge in [0.05, 0.1) is 6.54 Å². The average molecular weight is 356 g/mol. The molecule has 26 heavy (non-hydrogen) atoms. The van der Waals surface area contributed by atoms with Gasteiger partial charge in [0, 0.05) is 12.1 Å². The van der Waals surface area contributed by atoms with Crippen LogP contribution in [0, 0.1) is 5.82 Å². The second-order valence-electron chi connectivity index (χ2n) is 6.65. The third-order valence-electron chi connectivity index (χ3n) is 4.62. The first-order valence-corrected chi connectivity index (χ1v) is 8.52. The van der Waals surface area contributed by atoms with Crippen molar-refractivity contribution in [1.29, 1.82) is 0 Å². The van der Waals surface area contributed by atoms with Crippen molar-refractivity contribution in [3.05, 3.63) is 66.0 Å². The van der Waals surface area contributed by atoms with Gasteiger partial charge < -0.3 is 10.4 Å². The smallest absolute Gasteiger partial charge is 0.243 e. The van der Waals surface area contributed by atoms with Gasteiger partial charge in [-0.1, -0.05) is 30.3 Å². The topological polar surface area (TPSA) is 69.6 Å². The van der Waals surface area contributed by atoms with Crippen molar-refractivity contribution < 1.29 is 19.1 Å². The Balaban J connectivity index is 1.69. The van der Waals surface area contributed by atoms with Gasteiger partial charge in [-0.15, -0.1) is 0 Å². The van der Waals surface area contributed by atoms with Crippen LogP contribution in [0.15, 0.2) is 54.6 Å². The first kappa shape index (κ1) is 18.1. The zero-order valence-corrected chi connectivity index (χ0v) is 14.5. The number of amides is 2. The molecule has 0 radical (unpaired) electrons. The summed E-state index contributed by atoms with van der Waals surface area (Å²) in [5.41, 5.74) is -0.161. The van der Waals surface area contributed by atoms with Crippen LogP contribution in [0.5, 0.6) is 0 Å². The van der Waals surface area contributed by atoms with Gasteiger partial charge in [-0.25, -0.2) is 4.39 Å². The lowest BCUT2D eigenvalue weighted by Crippen LogP contribution is -2.48. The molecule has 1 fully saturated rings. The Morgan fingerprint density at radius 2 is 1.88 bits per heavy atom. The van der Waals surface area contributed by atoms with E-state index in [1.165, 1.54) is 29.2 Å². The van der Waals surface area contributed by atoms with E-state index < -0.39 is 17.5 Å². The lowest BCUT2D eigenvalue weighted by atomic mass is 9.96. The van der Waals surface area contributed by atoms with Crippen LogP contribution in [-0.4, -0.2) is 29.5 Å². The van der Waals surface area contributed by atoms with E-state index in [9.17, 15) is 19.1 Å². The molecule has 2 amide bonds. The van der Waals surface area contributed by atoms with E-state index in [1.54, 1.807) is 19.1 Å². The van der Waals surface area contributed by atoms with Crippen LogP contribution in [0.3, 0.4) is 0 Å². The summed E-state index contributed by atoms with van der Waals surface area (Å²) in [5.74, 6) is -0.805. The molecule has 1 saturated heterocycles. The van der Waals surface area contributed by atoms with Gasteiger partial charge in [0.15, 0.2) is 0 Å². The fourth-order valence-electron chi connectivity index (χ4n) is 3.13. The Bertz CT molecular complexity index is 790. The third kappa shape index (κ3) is 3.75. The SMILES string of the molecule is CC(O)(CNC(=O)C1CCC(=O)N1c1ccccc1)c1ccc(F)cc1. The summed E-state index contributed by atoms with van der Waals surface area (Å²) in [5, 5.41) is 13.3. The molecule has 0 spiro atoms. The minimum absolute atomic E-state index is 0.0369. The van der Waals surface area contributed by atoms with E-state index in [4.69, 9.17) is 0 Å². The van der Waals surface area contributed by atoms with Crippen molar-refractivity contribution in [3.8, 4) is 0 Å². The highest BCUT2D eigenvalue weighted by atomic mass is 19.1. The van der Waals surface area contributed by atoms with Crippen LogP contribution in [0.1, 0.15) is 25.3 Å². The molecule has 0 bridgehead atoms. The van der Waals surface area contributed by atoms with E-state index in [0.717, 1.165) is 0 Å². The number of hydrogen-bond donors (Lipinski definition) is 2. The molecule has 2 aromatic carbocycles. The van der Waals surface area contributed by atoms with Crippen molar-refractivity contribution in [3.63, 3.8) is 0 Å². The molecule has 0 saturated carbocycles. The highest BCUT2D eigenvalue weighted by Gasteiger charge is 2.37. The van der Waals surface area contributed by atoms with Crippen LogP contribution in [0.25, 0.3) is 0 Å². The molecule has 2 aromatic rings. The van der Waals surface area contributed by atoms with E-state index in [0.29, 0.717) is 24.1 Å². The highest BCUT2D eigenvalue weighted by Crippen LogP contribution is 2.27. The standard InChI is InChI=1S/C20H21FN2O3/c1-20(26,14-7-9-15(21)10-8-14)13-22-19(25)17-11-12-18(24)23(17)16-5-3-2-4-6-16/h2-10,17,26H,11-13H2,1H3,(H,22,25). The van der Waals surface area contributed by atoms with E-state index in [-0.39, 0.29) is 18.4 Å². The molecule has 1 aliphatic rings. The number of anilines is 1. The minimum Gasteiger partial charge on any atom is -0.384 e. The number of nitrogens with zero attached hydrogens (tertiary/aromatic N) is 1. The molecule has 0 aromatic heterocycles. The van der Waals surface area contributed by atoms with E-state index in [2.05, 4.69) is 5.32 Å². The third-order valence-corrected chi connectivity index (χ3v) is 4.62. The van der Waals surface area contributed by atoms with Gasteiger partial charge in [-0.2, -0.15) is 0 Å². The maximum absolute atomic E-state index is 13.0. The molecule has 3 rings (SSSR count). The Kier molecular flexibility index (Phi) is 5.04. The fraction of sp³-hybridized carbons (Fsp3) is 0.300. The zero-order valence-electron chi connectivity index (χ0n) is 14.5. The van der Waals surface area contributed by atoms with Gasteiger partial charge in [0.2, 0.25) is 11.8 Å². The Morgan fingerprint density at radius 3 is 2.54 bits per heavy atom. The molecule has 1 heterocycles. The zero-order chi connectivity index (χ0) is 18.7. The van der Waals surface area contributed by atoms with Gasteiger partial charge in [-0.05, 0) is 43.2 Å². The van der Waals surface area contributed by atoms with Crippen LogP contribution in [-0.2, 0) is 15.2 Å². The maximum Gasteiger partial charge on any atom is 0.243 e. The number of nitrogens with one attached hydrogen (secondary N) is 1. The maximum atomic E-state index is 13.0. The predicted octanol–water partition coefficient (Wildman–Crippen LogP) is 2.34. The van der Waals surface area contributed by atoms with Crippen molar-refractivity contribution >= 4 is 17.5 Å². The van der Waals surface area contributed by atoms with Gasteiger partial charge in [0.25, 0.3) is 0 Å². The number of benzene rings is 2. The summed E-state index contributed by atoms with van der Waals surface area (Å²) in [4.78, 5) is 26.3. The largest absolute Gasteiger partial charge is 0.384 e. The molecule has 136 valence electrons. The Morgan fingerprint density at radius 1 is 1.23 bits per heavy atom. The molecule has 2 N–H and O–H groups in total. The Hall–Kier alpha value is -2.73. The summed E-state index contributed by atoms with van der Waals surface area (Å²) in [6, 6.07) is 13.9. The number of hydrogen-bond acceptors (Lipinski definition) is 3. The van der Waals surface area contributed by atoms with Gasteiger partial charge >= 0.3 is 0 Å². The lowest BCUT2D eigenvalue weighted by molar-refractivity contribution is -0.124. The molecule has 2 unspecified atom stereocenters. The number of para-hydroxylation sites is 1. The average Bonchev–Trinajstić information content (AvgIpc) is 3.02. The highest BCUT2D eigenvalue weighted by molar-refractivity contribution is 6.03. The van der Waals surface area contributed by atoms with Crippen LogP contribution < -0.4 is 10.2 Å². The summed E-state index contributed by atoms with van der Waals surface area (Å²) < 4.78 is 13.0. The molecule has 0 aliphatic carbocycles. The molecule has 6 heteroatoms. The summed E-state index contributed by atoms with van der Waals surface area (Å²) in [6.45, 7) is 1.51. The second-order valence-corrected chi connectivity index (χ2v) is 6.65. The summed E-state index contributed by atoms with van der Waals surface area (Å²) >= 11 is 0. The van der Waals surface area contributed by atoms with Crippen LogP contribution in [0.4, 0.5) is 10.1 Å². The van der Waals surface area contributed by atoms with Crippen LogP contribution in [0.2, 0.25) is 0 Å². The molecule has 2 atom stereocenters. The second kappa shape index (κ2) is 7.25. The van der Waals surface area contributed by atoms with Gasteiger partial charge in [-0.3, -0.25) is 14.5 Å². The molecular formula is C20H21FN2O3. The predicted molar refractivity (Wildman–Crippen MR) is 95.9 cm³/mol. The number of carbonyl (C=O) groups excluding carboxylic acids is 2. The summed E-state index contributed by atoms with van der Waals surface area (Å²) in [6.07, 6.45) is 0.736. The first-order valence-electron chi connectivity index (χ1n) is 8.52. The van der Waals surface area contributed by atoms with Crippen LogP contribution >= 0.6 is 0 Å². The normalized spacial score (nSPS) is 19.3. The number of halogens is 1. The molecule has 1 aliphatic heterocycles. The van der Waals surface area contributed by atoms with E-state index in [1.807, 2.05) is 18.2 Å². The molecular weight excluding hydrogens is 335 g/mol. The van der Waals surface area contributed by atoms with Crippen molar-refractivity contribution in [2.24, 2.45) is 0 Å². The quantitative estimate of drug-likeness (QED) is 0.864. The Labute approximate surface area is 151 Å². The minimum atomic E-state index is -1.34. The van der Waals surface area contributed by atoms with Gasteiger partial charge in [0.1, 0.15) is 17.5 Å². The number of rotatable bonds is 5. The van der Waals surface area contributed by atoms with E-state index >= 15 is 0 Å². The fourth-order valence-corrected chi connectivity index (χ4v) is 3.13. The van der Waals surface area contributed by atoms with Crippen molar-refractivity contribution in [2.45, 2.75) is 31.4 Å².